The van der Waals surface area contributed by atoms with E-state index in [4.69, 9.17) is 21.8 Å². The van der Waals surface area contributed by atoms with Crippen molar-refractivity contribution in [2.45, 2.75) is 38.6 Å². The zero-order valence-corrected chi connectivity index (χ0v) is 12.2. The van der Waals surface area contributed by atoms with Crippen molar-refractivity contribution in [2.75, 3.05) is 0 Å². The average molecular weight is 282 g/mol. The lowest BCUT2D eigenvalue weighted by atomic mass is 10.1. The standard InChI is InChI=1S/C14H20ClN3O/c1-3-12-14(15)13(18(2)17-12)9-10(16)6-7-11-5-4-8-19-11/h4-5,8,10H,3,6-7,9,16H2,1-2H3. The first-order chi connectivity index (χ1) is 9.11. The maximum atomic E-state index is 6.32. The summed E-state index contributed by atoms with van der Waals surface area (Å²) in [5.74, 6) is 0.973. The molecule has 0 aliphatic carbocycles. The monoisotopic (exact) mass is 281 g/mol. The smallest absolute Gasteiger partial charge is 0.103 e. The van der Waals surface area contributed by atoms with Crippen molar-refractivity contribution in [1.29, 1.82) is 0 Å². The third-order valence-electron chi connectivity index (χ3n) is 3.30. The fraction of sp³-hybridized carbons (Fsp3) is 0.500. The molecule has 0 aromatic carbocycles. The molecule has 0 saturated carbocycles. The first-order valence-electron chi connectivity index (χ1n) is 6.60. The lowest BCUT2D eigenvalue weighted by molar-refractivity contribution is 0.480. The average Bonchev–Trinajstić information content (AvgIpc) is 2.99. The molecule has 1 unspecified atom stereocenters. The van der Waals surface area contributed by atoms with Crippen LogP contribution < -0.4 is 5.73 Å². The fourth-order valence-electron chi connectivity index (χ4n) is 2.17. The Morgan fingerprint density at radius 2 is 2.32 bits per heavy atom. The number of rotatable bonds is 6. The fourth-order valence-corrected chi connectivity index (χ4v) is 2.55. The Hall–Kier alpha value is -1.26. The van der Waals surface area contributed by atoms with Gasteiger partial charge in [0.15, 0.2) is 0 Å². The molecule has 0 aliphatic rings. The number of halogens is 1. The second kappa shape index (κ2) is 6.26. The summed E-state index contributed by atoms with van der Waals surface area (Å²) in [7, 11) is 1.92. The SMILES string of the molecule is CCc1nn(C)c(CC(N)CCc2ccco2)c1Cl. The van der Waals surface area contributed by atoms with Gasteiger partial charge in [0.05, 0.1) is 22.7 Å². The van der Waals surface area contributed by atoms with E-state index in [0.717, 1.165) is 47.9 Å². The Balaban J connectivity index is 1.95. The van der Waals surface area contributed by atoms with Crippen LogP contribution in [-0.4, -0.2) is 15.8 Å². The Morgan fingerprint density at radius 1 is 1.53 bits per heavy atom. The van der Waals surface area contributed by atoms with Gasteiger partial charge in [-0.15, -0.1) is 0 Å². The van der Waals surface area contributed by atoms with Crippen molar-refractivity contribution in [3.8, 4) is 0 Å². The minimum Gasteiger partial charge on any atom is -0.469 e. The molecule has 0 amide bonds. The zero-order valence-electron chi connectivity index (χ0n) is 11.4. The van der Waals surface area contributed by atoms with Gasteiger partial charge >= 0.3 is 0 Å². The summed E-state index contributed by atoms with van der Waals surface area (Å²) in [4.78, 5) is 0. The summed E-state index contributed by atoms with van der Waals surface area (Å²) in [5.41, 5.74) is 8.13. The maximum Gasteiger partial charge on any atom is 0.103 e. The van der Waals surface area contributed by atoms with E-state index < -0.39 is 0 Å². The molecular formula is C14H20ClN3O. The van der Waals surface area contributed by atoms with Gasteiger partial charge in [-0.25, -0.2) is 0 Å². The molecule has 0 fully saturated rings. The van der Waals surface area contributed by atoms with E-state index in [1.54, 1.807) is 6.26 Å². The molecule has 19 heavy (non-hydrogen) atoms. The van der Waals surface area contributed by atoms with E-state index in [9.17, 15) is 0 Å². The molecule has 0 bridgehead atoms. The summed E-state index contributed by atoms with van der Waals surface area (Å²) in [5, 5.41) is 5.16. The minimum absolute atomic E-state index is 0.0581. The van der Waals surface area contributed by atoms with Gasteiger partial charge in [0.1, 0.15) is 5.76 Å². The van der Waals surface area contributed by atoms with Gasteiger partial charge in [-0.3, -0.25) is 4.68 Å². The predicted molar refractivity (Wildman–Crippen MR) is 76.3 cm³/mol. The van der Waals surface area contributed by atoms with E-state index in [-0.39, 0.29) is 6.04 Å². The third kappa shape index (κ3) is 3.39. The molecule has 104 valence electrons. The molecule has 0 saturated heterocycles. The summed E-state index contributed by atoms with van der Waals surface area (Å²) >= 11 is 6.32. The van der Waals surface area contributed by atoms with Crippen LogP contribution in [0.5, 0.6) is 0 Å². The lowest BCUT2D eigenvalue weighted by Gasteiger charge is -2.11. The molecule has 0 aliphatic heterocycles. The second-order valence-corrected chi connectivity index (χ2v) is 5.14. The van der Waals surface area contributed by atoms with Crippen LogP contribution in [0.1, 0.15) is 30.5 Å². The van der Waals surface area contributed by atoms with Crippen LogP contribution >= 0.6 is 11.6 Å². The van der Waals surface area contributed by atoms with E-state index in [1.165, 1.54) is 0 Å². The number of aromatic nitrogens is 2. The first kappa shape index (κ1) is 14.2. The van der Waals surface area contributed by atoms with Crippen molar-refractivity contribution < 1.29 is 4.42 Å². The molecule has 2 aromatic heterocycles. The largest absolute Gasteiger partial charge is 0.469 e. The van der Waals surface area contributed by atoms with E-state index in [2.05, 4.69) is 12.0 Å². The third-order valence-corrected chi connectivity index (χ3v) is 3.74. The van der Waals surface area contributed by atoms with E-state index in [0.29, 0.717) is 0 Å². The predicted octanol–water partition coefficient (Wildman–Crippen LogP) is 2.73. The molecule has 2 aromatic rings. The summed E-state index contributed by atoms with van der Waals surface area (Å²) in [6.07, 6.45) is 4.99. The second-order valence-electron chi connectivity index (χ2n) is 4.77. The summed E-state index contributed by atoms with van der Waals surface area (Å²) < 4.78 is 7.15. The number of hydrogen-bond donors (Lipinski definition) is 1. The van der Waals surface area contributed by atoms with Crippen molar-refractivity contribution in [3.63, 3.8) is 0 Å². The van der Waals surface area contributed by atoms with Gasteiger partial charge in [0, 0.05) is 25.9 Å². The van der Waals surface area contributed by atoms with Crippen LogP contribution in [0.2, 0.25) is 5.02 Å². The highest BCUT2D eigenvalue weighted by molar-refractivity contribution is 6.31. The lowest BCUT2D eigenvalue weighted by Crippen LogP contribution is -2.24. The molecule has 4 nitrogen and oxygen atoms in total. The quantitative estimate of drug-likeness (QED) is 0.886. The molecule has 2 heterocycles. The van der Waals surface area contributed by atoms with Crippen LogP contribution in [-0.2, 0) is 26.3 Å². The van der Waals surface area contributed by atoms with Gasteiger partial charge < -0.3 is 10.2 Å². The van der Waals surface area contributed by atoms with E-state index in [1.807, 2.05) is 23.9 Å². The highest BCUT2D eigenvalue weighted by atomic mass is 35.5. The normalized spacial score (nSPS) is 12.8. The Morgan fingerprint density at radius 3 is 2.89 bits per heavy atom. The van der Waals surface area contributed by atoms with Gasteiger partial charge in [0.25, 0.3) is 0 Å². The maximum absolute atomic E-state index is 6.32. The van der Waals surface area contributed by atoms with Gasteiger partial charge in [0.2, 0.25) is 0 Å². The van der Waals surface area contributed by atoms with Crippen molar-refractivity contribution >= 4 is 11.6 Å². The number of aryl methyl sites for hydroxylation is 3. The van der Waals surface area contributed by atoms with Crippen molar-refractivity contribution in [3.05, 3.63) is 40.6 Å². The van der Waals surface area contributed by atoms with Crippen LogP contribution in [0.15, 0.2) is 22.8 Å². The number of nitrogens with zero attached hydrogens (tertiary/aromatic N) is 2. The van der Waals surface area contributed by atoms with Gasteiger partial charge in [-0.2, -0.15) is 5.10 Å². The zero-order chi connectivity index (χ0) is 13.8. The molecule has 2 rings (SSSR count). The van der Waals surface area contributed by atoms with Crippen LogP contribution in [0.3, 0.4) is 0 Å². The topological polar surface area (TPSA) is 57.0 Å². The first-order valence-corrected chi connectivity index (χ1v) is 6.97. The number of hydrogen-bond acceptors (Lipinski definition) is 3. The molecule has 2 N–H and O–H groups in total. The molecule has 0 radical (unpaired) electrons. The molecule has 5 heteroatoms. The van der Waals surface area contributed by atoms with Crippen LogP contribution in [0.25, 0.3) is 0 Å². The Kier molecular flexibility index (Phi) is 4.66. The van der Waals surface area contributed by atoms with Gasteiger partial charge in [-0.1, -0.05) is 18.5 Å². The number of nitrogens with two attached hydrogens (primary N) is 1. The minimum atomic E-state index is 0.0581. The Bertz CT molecular complexity index is 519. The Labute approximate surface area is 118 Å². The molecule has 1 atom stereocenters. The summed E-state index contributed by atoms with van der Waals surface area (Å²) in [6, 6.07) is 3.92. The highest BCUT2D eigenvalue weighted by Gasteiger charge is 2.16. The van der Waals surface area contributed by atoms with Crippen molar-refractivity contribution in [1.82, 2.24) is 9.78 Å². The molecule has 0 spiro atoms. The highest BCUT2D eigenvalue weighted by Crippen LogP contribution is 2.22. The molecular weight excluding hydrogens is 262 g/mol. The summed E-state index contributed by atoms with van der Waals surface area (Å²) in [6.45, 7) is 2.05. The van der Waals surface area contributed by atoms with Crippen molar-refractivity contribution in [2.24, 2.45) is 12.8 Å². The van der Waals surface area contributed by atoms with E-state index >= 15 is 0 Å². The number of furan rings is 1. The van der Waals surface area contributed by atoms with Gasteiger partial charge in [-0.05, 0) is 25.0 Å². The van der Waals surface area contributed by atoms with Crippen LogP contribution in [0, 0.1) is 0 Å². The van der Waals surface area contributed by atoms with Crippen LogP contribution in [0.4, 0.5) is 0 Å².